The first-order valence-electron chi connectivity index (χ1n) is 7.71. The Morgan fingerprint density at radius 2 is 1.96 bits per heavy atom. The molecule has 1 aromatic rings. The van der Waals surface area contributed by atoms with Crippen LogP contribution >= 0.6 is 0 Å². The van der Waals surface area contributed by atoms with Crippen molar-refractivity contribution in [1.82, 2.24) is 0 Å². The van der Waals surface area contributed by atoms with E-state index in [0.29, 0.717) is 5.71 Å². The number of benzene rings is 1. The predicted octanol–water partition coefficient (Wildman–Crippen LogP) is -0.986. The van der Waals surface area contributed by atoms with Gasteiger partial charge in [0.1, 0.15) is 21.6 Å². The van der Waals surface area contributed by atoms with Gasteiger partial charge in [-0.1, -0.05) is 18.9 Å². The fourth-order valence-corrected chi connectivity index (χ4v) is 3.72. The van der Waals surface area contributed by atoms with Crippen molar-refractivity contribution in [3.63, 3.8) is 0 Å². The molecule has 1 aromatic carbocycles. The van der Waals surface area contributed by atoms with Crippen LogP contribution in [0.15, 0.2) is 40.3 Å². The van der Waals surface area contributed by atoms with Crippen LogP contribution in [0.25, 0.3) is 0 Å². The second-order valence-electron chi connectivity index (χ2n) is 6.02. The number of hydrogen-bond donors (Lipinski definition) is 2. The third kappa shape index (κ3) is 4.51. The van der Waals surface area contributed by atoms with Gasteiger partial charge in [-0.15, -0.1) is 0 Å². The van der Waals surface area contributed by atoms with Gasteiger partial charge < -0.3 is 9.66 Å². The summed E-state index contributed by atoms with van der Waals surface area (Å²) in [5.74, 6) is -0.153. The van der Waals surface area contributed by atoms with E-state index in [2.05, 4.69) is 10.5 Å². The Bertz CT molecular complexity index is 835. The molecule has 7 nitrogen and oxygen atoms in total. The van der Waals surface area contributed by atoms with Crippen LogP contribution in [0.3, 0.4) is 0 Å². The van der Waals surface area contributed by atoms with Gasteiger partial charge in [-0.2, -0.15) is 5.10 Å². The van der Waals surface area contributed by atoms with E-state index in [4.69, 9.17) is 0 Å². The number of allylic oxidation sites excluding steroid dienone is 2. The number of ketones is 1. The van der Waals surface area contributed by atoms with E-state index < -0.39 is 15.0 Å². The van der Waals surface area contributed by atoms with Gasteiger partial charge in [-0.3, -0.25) is 10.2 Å². The normalized spacial score (nSPS) is 24.5. The Labute approximate surface area is 168 Å². The van der Waals surface area contributed by atoms with Crippen LogP contribution in [0.5, 0.6) is 5.75 Å². The molecule has 2 aliphatic carbocycles. The van der Waals surface area contributed by atoms with Crippen molar-refractivity contribution in [2.75, 3.05) is 5.43 Å². The summed E-state index contributed by atoms with van der Waals surface area (Å²) < 4.78 is 33.2. The molecule has 0 amide bonds. The molecule has 0 aromatic heterocycles. The van der Waals surface area contributed by atoms with Crippen LogP contribution in [-0.4, -0.2) is 29.6 Å². The van der Waals surface area contributed by atoms with E-state index in [9.17, 15) is 22.9 Å². The zero-order valence-corrected chi connectivity index (χ0v) is 16.6. The van der Waals surface area contributed by atoms with Gasteiger partial charge in [0.25, 0.3) is 0 Å². The molecule has 2 N–H and O–H groups in total. The van der Waals surface area contributed by atoms with Crippen LogP contribution in [0, 0.1) is 11.8 Å². The fourth-order valence-electron chi connectivity index (χ4n) is 3.23. The molecular formula is C16H17N2NaO5S. The minimum Gasteiger partial charge on any atom is -0.744 e. The molecule has 0 saturated heterocycles. The topological polar surface area (TPSA) is 119 Å². The quantitative estimate of drug-likeness (QED) is 0.304. The number of carbonyl (C=O) groups is 1. The van der Waals surface area contributed by atoms with Crippen LogP contribution in [0.1, 0.15) is 25.7 Å². The summed E-state index contributed by atoms with van der Waals surface area (Å²) in [6, 6.07) is 3.12. The van der Waals surface area contributed by atoms with Crippen molar-refractivity contribution >= 4 is 27.3 Å². The number of nitrogens with one attached hydrogen (secondary N) is 1. The summed E-state index contributed by atoms with van der Waals surface area (Å²) in [6.45, 7) is 0. The van der Waals surface area contributed by atoms with Gasteiger partial charge >= 0.3 is 29.6 Å². The van der Waals surface area contributed by atoms with Crippen LogP contribution in [-0.2, 0) is 14.9 Å². The minimum absolute atomic E-state index is 0. The molecule has 2 unspecified atom stereocenters. The number of fused-ring (bicyclic) bond motifs is 1. The number of rotatable bonds is 3. The second-order valence-corrected chi connectivity index (χ2v) is 7.40. The summed E-state index contributed by atoms with van der Waals surface area (Å²) in [5, 5.41) is 13.9. The van der Waals surface area contributed by atoms with Gasteiger partial charge in [-0.05, 0) is 43.0 Å². The zero-order chi connectivity index (χ0) is 17.3. The smallest absolute Gasteiger partial charge is 0.744 e. The Morgan fingerprint density at radius 1 is 1.24 bits per heavy atom. The number of hydrogen-bond acceptors (Lipinski definition) is 7. The zero-order valence-electron chi connectivity index (χ0n) is 13.8. The maximum absolute atomic E-state index is 12.1. The molecule has 0 spiro atoms. The Balaban J connectivity index is 0.00000225. The number of phenolic OH excluding ortho intramolecular Hbond substituents is 1. The molecule has 9 heteroatoms. The first-order valence-corrected chi connectivity index (χ1v) is 9.12. The average molecular weight is 372 g/mol. The average Bonchev–Trinajstić information content (AvgIpc) is 2.54. The van der Waals surface area contributed by atoms with E-state index in [0.717, 1.165) is 43.9 Å². The molecule has 3 rings (SSSR count). The molecule has 1 fully saturated rings. The third-order valence-corrected chi connectivity index (χ3v) is 5.30. The van der Waals surface area contributed by atoms with Crippen LogP contribution in [0.2, 0.25) is 0 Å². The first kappa shape index (κ1) is 20.1. The molecule has 2 aliphatic rings. The van der Waals surface area contributed by atoms with Gasteiger partial charge in [0.15, 0.2) is 0 Å². The van der Waals surface area contributed by atoms with Gasteiger partial charge in [0, 0.05) is 5.92 Å². The minimum atomic E-state index is -4.64. The number of carbonyl (C=O) groups excluding carboxylic acids is 1. The van der Waals surface area contributed by atoms with Crippen molar-refractivity contribution in [2.45, 2.75) is 30.6 Å². The van der Waals surface area contributed by atoms with Crippen molar-refractivity contribution < 1.29 is 52.4 Å². The van der Waals surface area contributed by atoms with Crippen molar-refractivity contribution in [3.05, 3.63) is 30.4 Å². The van der Waals surface area contributed by atoms with Crippen LogP contribution < -0.4 is 35.0 Å². The summed E-state index contributed by atoms with van der Waals surface area (Å²) in [6.07, 6.45) is 7.44. The summed E-state index contributed by atoms with van der Waals surface area (Å²) in [5.41, 5.74) is 2.88. The first-order chi connectivity index (χ1) is 11.4. The summed E-state index contributed by atoms with van der Waals surface area (Å²) >= 11 is 0. The standard InChI is InChI=1S/C16H18N2O5S.Na/c19-14-8-6-11(24(21,22)23)9-13(14)17-18-16-12-4-2-1-3-10(12)5-7-15(16)20;/h5-10,12,17,19H,1-4H2,(H,21,22,23);/q;+1/p-1/b18-16+;. The number of hydrazone groups is 1. The van der Waals surface area contributed by atoms with Crippen LogP contribution in [0.4, 0.5) is 5.69 Å². The number of aromatic hydroxyl groups is 1. The van der Waals surface area contributed by atoms with E-state index in [-0.39, 0.29) is 58.6 Å². The van der Waals surface area contributed by atoms with Crippen molar-refractivity contribution in [1.29, 1.82) is 0 Å². The van der Waals surface area contributed by atoms with Crippen molar-refractivity contribution in [2.24, 2.45) is 16.9 Å². The molecule has 128 valence electrons. The second kappa shape index (κ2) is 8.01. The molecule has 0 heterocycles. The maximum atomic E-state index is 12.1. The summed E-state index contributed by atoms with van der Waals surface area (Å²) in [4.78, 5) is 11.6. The van der Waals surface area contributed by atoms with E-state index in [1.54, 1.807) is 0 Å². The van der Waals surface area contributed by atoms with Crippen molar-refractivity contribution in [3.8, 4) is 5.75 Å². The molecule has 0 bridgehead atoms. The number of nitrogens with zero attached hydrogens (tertiary/aromatic N) is 1. The predicted molar refractivity (Wildman–Crippen MR) is 86.7 cm³/mol. The van der Waals surface area contributed by atoms with E-state index in [1.165, 1.54) is 6.08 Å². The van der Waals surface area contributed by atoms with Gasteiger partial charge in [0.05, 0.1) is 10.6 Å². The third-order valence-electron chi connectivity index (χ3n) is 4.47. The monoisotopic (exact) mass is 372 g/mol. The Morgan fingerprint density at radius 3 is 2.68 bits per heavy atom. The number of anilines is 1. The summed E-state index contributed by atoms with van der Waals surface area (Å²) in [7, 11) is -4.64. The molecule has 2 atom stereocenters. The van der Waals surface area contributed by atoms with E-state index >= 15 is 0 Å². The SMILES string of the molecule is O=C1C=CC2CCCCC2/C1=N\Nc1cc(S(=O)(=O)[O-])ccc1O.[Na+]. The maximum Gasteiger partial charge on any atom is 1.00 e. The van der Waals surface area contributed by atoms with E-state index in [1.807, 2.05) is 6.08 Å². The Kier molecular flexibility index (Phi) is 6.45. The van der Waals surface area contributed by atoms with Gasteiger partial charge in [0.2, 0.25) is 5.78 Å². The molecular weight excluding hydrogens is 355 g/mol. The fraction of sp³-hybridized carbons (Fsp3) is 0.375. The molecule has 1 saturated carbocycles. The molecule has 0 aliphatic heterocycles. The van der Waals surface area contributed by atoms with Gasteiger partial charge in [-0.25, -0.2) is 8.42 Å². The Hall–Kier alpha value is -1.19. The molecule has 25 heavy (non-hydrogen) atoms. The molecule has 0 radical (unpaired) electrons. The number of phenols is 1. The largest absolute Gasteiger partial charge is 1.00 e.